The Balaban J connectivity index is 1.74. The Morgan fingerprint density at radius 1 is 1.21 bits per heavy atom. The number of hydrogen-bond donors (Lipinski definition) is 5. The van der Waals surface area contributed by atoms with E-state index < -0.39 is 42.2 Å². The van der Waals surface area contributed by atoms with Gasteiger partial charge in [-0.05, 0) is 37.3 Å². The number of halogens is 1. The van der Waals surface area contributed by atoms with Crippen LogP contribution in [0.3, 0.4) is 0 Å². The molecule has 0 unspecified atom stereocenters. The number of aromatic nitrogens is 1. The topological polar surface area (TPSA) is 140 Å². The third kappa shape index (κ3) is 6.11. The highest BCUT2D eigenvalue weighted by molar-refractivity contribution is 6.35. The van der Waals surface area contributed by atoms with Gasteiger partial charge in [0.15, 0.2) is 5.78 Å². The maximum atomic E-state index is 13.1. The molecule has 178 valence electrons. The fourth-order valence-electron chi connectivity index (χ4n) is 3.99. The SMILES string of the molecule is CC(C)C[C@H](NC(=O)c1cc2cccc(Cl)c2[nH]1)C(=O)N[C@@H](C[C@@H]1CCNC1=O)C(=O)CO. The molecule has 1 aromatic carbocycles. The monoisotopic (exact) mass is 476 g/mol. The molecule has 33 heavy (non-hydrogen) atoms. The predicted molar refractivity (Wildman–Crippen MR) is 124 cm³/mol. The molecule has 3 atom stereocenters. The lowest BCUT2D eigenvalue weighted by atomic mass is 9.95. The van der Waals surface area contributed by atoms with Gasteiger partial charge in [0.2, 0.25) is 11.8 Å². The van der Waals surface area contributed by atoms with E-state index in [0.29, 0.717) is 29.9 Å². The minimum Gasteiger partial charge on any atom is -0.389 e. The van der Waals surface area contributed by atoms with E-state index in [9.17, 15) is 24.3 Å². The number of aromatic amines is 1. The number of Topliss-reactive ketones (excluding diaryl/α,β-unsaturated/α-hetero) is 1. The van der Waals surface area contributed by atoms with Crippen molar-refractivity contribution in [2.75, 3.05) is 13.2 Å². The average molecular weight is 477 g/mol. The lowest BCUT2D eigenvalue weighted by molar-refractivity contribution is -0.131. The van der Waals surface area contributed by atoms with Crippen molar-refractivity contribution in [1.82, 2.24) is 20.9 Å². The number of para-hydroxylation sites is 1. The van der Waals surface area contributed by atoms with Crippen LogP contribution in [0, 0.1) is 11.8 Å². The van der Waals surface area contributed by atoms with E-state index >= 15 is 0 Å². The zero-order chi connectivity index (χ0) is 24.1. The molecule has 0 spiro atoms. The quantitative estimate of drug-likeness (QED) is 0.354. The normalized spacial score (nSPS) is 17.6. The van der Waals surface area contributed by atoms with Gasteiger partial charge in [0.05, 0.1) is 16.6 Å². The second-order valence-corrected chi connectivity index (χ2v) is 9.15. The summed E-state index contributed by atoms with van der Waals surface area (Å²) in [6, 6.07) is 5.02. The molecule has 0 radical (unpaired) electrons. The maximum absolute atomic E-state index is 13.1. The van der Waals surface area contributed by atoms with E-state index in [1.54, 1.807) is 18.2 Å². The average Bonchev–Trinajstić information content (AvgIpc) is 3.39. The molecule has 1 aliphatic rings. The van der Waals surface area contributed by atoms with Crippen molar-refractivity contribution < 1.29 is 24.3 Å². The van der Waals surface area contributed by atoms with Gasteiger partial charge >= 0.3 is 0 Å². The number of carbonyl (C=O) groups is 4. The van der Waals surface area contributed by atoms with Crippen molar-refractivity contribution in [1.29, 1.82) is 0 Å². The highest BCUT2D eigenvalue weighted by atomic mass is 35.5. The highest BCUT2D eigenvalue weighted by Gasteiger charge is 2.33. The van der Waals surface area contributed by atoms with Gasteiger partial charge in [0.1, 0.15) is 18.3 Å². The molecule has 9 nitrogen and oxygen atoms in total. The van der Waals surface area contributed by atoms with Crippen LogP contribution >= 0.6 is 11.6 Å². The van der Waals surface area contributed by atoms with Crippen molar-refractivity contribution in [2.24, 2.45) is 11.8 Å². The molecule has 5 N–H and O–H groups in total. The van der Waals surface area contributed by atoms with Crippen LogP contribution in [-0.2, 0) is 14.4 Å². The van der Waals surface area contributed by atoms with Crippen LogP contribution in [0.25, 0.3) is 10.9 Å². The number of fused-ring (bicyclic) bond motifs is 1. The van der Waals surface area contributed by atoms with Gasteiger partial charge in [-0.25, -0.2) is 0 Å². The summed E-state index contributed by atoms with van der Waals surface area (Å²) in [5.41, 5.74) is 0.878. The van der Waals surface area contributed by atoms with Crippen molar-refractivity contribution in [3.63, 3.8) is 0 Å². The summed E-state index contributed by atoms with van der Waals surface area (Å²) in [7, 11) is 0. The molecule has 2 heterocycles. The fourth-order valence-corrected chi connectivity index (χ4v) is 4.22. The lowest BCUT2D eigenvalue weighted by Gasteiger charge is -2.24. The summed E-state index contributed by atoms with van der Waals surface area (Å²) < 4.78 is 0. The van der Waals surface area contributed by atoms with Crippen molar-refractivity contribution >= 4 is 46.0 Å². The molecule has 1 fully saturated rings. The number of nitrogens with one attached hydrogen (secondary N) is 4. The third-order valence-electron chi connectivity index (χ3n) is 5.72. The van der Waals surface area contributed by atoms with E-state index in [1.165, 1.54) is 0 Å². The van der Waals surface area contributed by atoms with Gasteiger partial charge in [-0.3, -0.25) is 19.2 Å². The number of carbonyl (C=O) groups excluding carboxylic acids is 4. The Morgan fingerprint density at radius 2 is 1.97 bits per heavy atom. The van der Waals surface area contributed by atoms with Crippen LogP contribution in [0.4, 0.5) is 0 Å². The highest BCUT2D eigenvalue weighted by Crippen LogP contribution is 2.23. The molecule has 0 saturated carbocycles. The number of aliphatic hydroxyl groups excluding tert-OH is 1. The van der Waals surface area contributed by atoms with E-state index in [0.717, 1.165) is 5.39 Å². The summed E-state index contributed by atoms with van der Waals surface area (Å²) in [6.45, 7) is 3.58. The molecule has 0 bridgehead atoms. The molecular formula is C23H29ClN4O5. The lowest BCUT2D eigenvalue weighted by Crippen LogP contribution is -2.53. The van der Waals surface area contributed by atoms with Gasteiger partial charge in [-0.1, -0.05) is 37.6 Å². The Bertz CT molecular complexity index is 1050. The molecule has 2 aromatic rings. The first-order valence-corrected chi connectivity index (χ1v) is 11.4. The summed E-state index contributed by atoms with van der Waals surface area (Å²) in [5.74, 6) is -2.13. The smallest absolute Gasteiger partial charge is 0.268 e. The van der Waals surface area contributed by atoms with E-state index in [4.69, 9.17) is 11.6 Å². The Kier molecular flexibility index (Phi) is 8.10. The number of benzene rings is 1. The molecule has 0 aliphatic carbocycles. The van der Waals surface area contributed by atoms with Crippen LogP contribution in [0.15, 0.2) is 24.3 Å². The standard InChI is InChI=1S/C23H29ClN4O5/c1-12(2)8-17(28-23(33)18-9-13-4-3-5-15(24)20(13)26-18)22(32)27-16(19(30)11-29)10-14-6-7-25-21(14)31/h3-5,9,12,14,16-17,26,29H,6-8,10-11H2,1-2H3,(H,25,31)(H,27,32)(H,28,33)/t14-,16-,17-/m0/s1. The van der Waals surface area contributed by atoms with Gasteiger partial charge in [0, 0.05) is 17.8 Å². The van der Waals surface area contributed by atoms with Crippen LogP contribution in [-0.4, -0.2) is 58.8 Å². The van der Waals surface area contributed by atoms with Gasteiger partial charge in [-0.2, -0.15) is 0 Å². The molecule has 3 amide bonds. The minimum absolute atomic E-state index is 0.0748. The van der Waals surface area contributed by atoms with Gasteiger partial charge < -0.3 is 26.0 Å². The predicted octanol–water partition coefficient (Wildman–Crippen LogP) is 1.54. The maximum Gasteiger partial charge on any atom is 0.268 e. The van der Waals surface area contributed by atoms with Crippen LogP contribution in [0.5, 0.6) is 0 Å². The first-order chi connectivity index (χ1) is 15.7. The second kappa shape index (κ2) is 10.8. The van der Waals surface area contributed by atoms with E-state index in [2.05, 4.69) is 20.9 Å². The number of rotatable bonds is 10. The third-order valence-corrected chi connectivity index (χ3v) is 6.04. The first kappa shape index (κ1) is 24.7. The summed E-state index contributed by atoms with van der Waals surface area (Å²) in [5, 5.41) is 18.7. The second-order valence-electron chi connectivity index (χ2n) is 8.74. The van der Waals surface area contributed by atoms with Crippen LogP contribution in [0.1, 0.15) is 43.6 Å². The Labute approximate surface area is 196 Å². The van der Waals surface area contributed by atoms with Crippen LogP contribution in [0.2, 0.25) is 5.02 Å². The number of hydrogen-bond acceptors (Lipinski definition) is 5. The molecule has 1 aromatic heterocycles. The number of aliphatic hydroxyl groups is 1. The number of ketones is 1. The summed E-state index contributed by atoms with van der Waals surface area (Å²) in [6.07, 6.45) is 0.987. The zero-order valence-corrected chi connectivity index (χ0v) is 19.4. The van der Waals surface area contributed by atoms with Crippen molar-refractivity contribution in [2.45, 2.75) is 45.2 Å². The molecule has 1 aliphatic heterocycles. The largest absolute Gasteiger partial charge is 0.389 e. The molecule has 1 saturated heterocycles. The zero-order valence-electron chi connectivity index (χ0n) is 18.6. The minimum atomic E-state index is -1.02. The van der Waals surface area contributed by atoms with Crippen molar-refractivity contribution in [3.05, 3.63) is 35.0 Å². The van der Waals surface area contributed by atoms with Crippen LogP contribution < -0.4 is 16.0 Å². The van der Waals surface area contributed by atoms with Gasteiger partial charge in [-0.15, -0.1) is 0 Å². The molecule has 3 rings (SSSR count). The summed E-state index contributed by atoms with van der Waals surface area (Å²) >= 11 is 6.17. The Hall–Kier alpha value is -2.91. The number of amides is 3. The number of H-pyrrole nitrogens is 1. The molecular weight excluding hydrogens is 448 g/mol. The summed E-state index contributed by atoms with van der Waals surface area (Å²) in [4.78, 5) is 53.1. The van der Waals surface area contributed by atoms with E-state index in [-0.39, 0.29) is 23.9 Å². The fraction of sp³-hybridized carbons (Fsp3) is 0.478. The first-order valence-electron chi connectivity index (χ1n) is 11.0. The van der Waals surface area contributed by atoms with Gasteiger partial charge in [0.25, 0.3) is 5.91 Å². The van der Waals surface area contributed by atoms with E-state index in [1.807, 2.05) is 19.9 Å². The molecule has 10 heteroatoms. The van der Waals surface area contributed by atoms with Crippen molar-refractivity contribution in [3.8, 4) is 0 Å². The Morgan fingerprint density at radius 3 is 2.58 bits per heavy atom.